The average molecular weight is 567 g/mol. The molecule has 1 spiro atoms. The van der Waals surface area contributed by atoms with E-state index in [4.69, 9.17) is 9.47 Å². The Balaban J connectivity index is 1.67. The van der Waals surface area contributed by atoms with Crippen molar-refractivity contribution in [3.8, 4) is 0 Å². The van der Waals surface area contributed by atoms with Gasteiger partial charge in [-0.15, -0.1) is 13.2 Å². The number of fused-ring (bicyclic) bond motifs is 1. The average Bonchev–Trinajstić information content (AvgIpc) is 3.63. The molecule has 1 N–H and O–H groups in total. The van der Waals surface area contributed by atoms with E-state index in [2.05, 4.69) is 20.1 Å². The molecule has 0 saturated carbocycles. The number of aliphatic hydroxyl groups is 1. The van der Waals surface area contributed by atoms with E-state index < -0.39 is 41.6 Å². The summed E-state index contributed by atoms with van der Waals surface area (Å²) in [5.41, 5.74) is -0.175. The summed E-state index contributed by atoms with van der Waals surface area (Å²) in [6.07, 6.45) is 9.81. The molecule has 3 fully saturated rings. The molecule has 1 aromatic rings. The first-order chi connectivity index (χ1) is 19.9. The van der Waals surface area contributed by atoms with Gasteiger partial charge in [-0.3, -0.25) is 14.4 Å². The normalized spacial score (nSPS) is 27.0. The zero-order chi connectivity index (χ0) is 29.4. The minimum atomic E-state index is -1.13. The fourth-order valence-electron chi connectivity index (χ4n) is 7.00. The van der Waals surface area contributed by atoms with Crippen molar-refractivity contribution in [1.29, 1.82) is 0 Å². The van der Waals surface area contributed by atoms with Crippen LogP contribution in [-0.2, 0) is 30.3 Å². The van der Waals surface area contributed by atoms with Gasteiger partial charge in [0.25, 0.3) is 0 Å². The van der Waals surface area contributed by atoms with E-state index in [1.165, 1.54) is 0 Å². The van der Waals surface area contributed by atoms with Crippen LogP contribution in [0.5, 0.6) is 0 Å². The number of ether oxygens (including phenoxy) is 2. The van der Waals surface area contributed by atoms with Crippen LogP contribution < -0.4 is 0 Å². The van der Waals surface area contributed by atoms with Crippen molar-refractivity contribution in [3.63, 3.8) is 0 Å². The van der Waals surface area contributed by atoms with Crippen LogP contribution in [-0.4, -0.2) is 82.8 Å². The van der Waals surface area contributed by atoms with Gasteiger partial charge in [0.1, 0.15) is 11.6 Å². The molecular formula is C33H46N2O6. The molecule has 3 heterocycles. The number of carbonyl (C=O) groups is 3. The maximum Gasteiger partial charge on any atom is 0.312 e. The van der Waals surface area contributed by atoms with Crippen LogP contribution >= 0.6 is 0 Å². The Labute approximate surface area is 244 Å². The van der Waals surface area contributed by atoms with Crippen LogP contribution in [0.15, 0.2) is 55.6 Å². The number of nitrogens with zero attached hydrogens (tertiary/aromatic N) is 2. The van der Waals surface area contributed by atoms with Gasteiger partial charge < -0.3 is 24.4 Å². The molecule has 2 amide bonds. The van der Waals surface area contributed by atoms with E-state index in [1.807, 2.05) is 36.4 Å². The fraction of sp³-hybridized carbons (Fsp3) is 0.606. The first kappa shape index (κ1) is 31.0. The molecule has 3 aliphatic heterocycles. The number of hydrogen-bond donors (Lipinski definition) is 1. The van der Waals surface area contributed by atoms with E-state index in [1.54, 1.807) is 15.9 Å². The molecule has 0 radical (unpaired) electrons. The standard InChI is InChI=1S/C33H46N2O6/c1-4-7-9-14-21-40-32(39)27-26-17-18-33(41-26)28(27)30(37)35(25(23-36)22-24-15-11-10-12-16-24)29(33)31(38)34(19-6-3)20-13-8-5-2/h4,6,10-12,15-16,25-29,36H,1,3,5,7-9,13-14,17-23H2,2H3/t25-,26-,27+,28+,29?,33?/m1/s1. The number of amides is 2. The Bertz CT molecular complexity index is 1080. The molecule has 3 saturated heterocycles. The summed E-state index contributed by atoms with van der Waals surface area (Å²) in [6, 6.07) is 8.06. The number of likely N-dealkylation sites (tertiary alicyclic amines) is 1. The van der Waals surface area contributed by atoms with Gasteiger partial charge in [-0.25, -0.2) is 0 Å². The SMILES string of the molecule is C=CCCCCOC(=O)[C@@H]1[C@H]2C(=O)N([C@@H](CO)Cc3ccccc3)C(C(=O)N(CC=C)CCCCC)C23CC[C@H]1O3. The Morgan fingerprint density at radius 1 is 1.20 bits per heavy atom. The molecule has 3 aliphatic rings. The maximum atomic E-state index is 14.4. The zero-order valence-electron chi connectivity index (χ0n) is 24.4. The molecular weight excluding hydrogens is 520 g/mol. The van der Waals surface area contributed by atoms with Gasteiger partial charge in [0.15, 0.2) is 0 Å². The van der Waals surface area contributed by atoms with E-state index in [0.29, 0.717) is 38.8 Å². The van der Waals surface area contributed by atoms with Crippen molar-refractivity contribution in [2.24, 2.45) is 11.8 Å². The van der Waals surface area contributed by atoms with Crippen molar-refractivity contribution >= 4 is 17.8 Å². The third-order valence-corrected chi connectivity index (χ3v) is 8.90. The van der Waals surface area contributed by atoms with Gasteiger partial charge in [0, 0.05) is 13.1 Å². The number of rotatable bonds is 17. The molecule has 0 aliphatic carbocycles. The Hall–Kier alpha value is -2.97. The highest BCUT2D eigenvalue weighted by Crippen LogP contribution is 2.59. The molecule has 2 bridgehead atoms. The van der Waals surface area contributed by atoms with Gasteiger partial charge in [-0.05, 0) is 50.5 Å². The van der Waals surface area contributed by atoms with E-state index in [9.17, 15) is 19.5 Å². The minimum absolute atomic E-state index is 0.206. The van der Waals surface area contributed by atoms with Crippen LogP contribution in [0.4, 0.5) is 0 Å². The molecule has 224 valence electrons. The monoisotopic (exact) mass is 566 g/mol. The van der Waals surface area contributed by atoms with Gasteiger partial charge >= 0.3 is 5.97 Å². The van der Waals surface area contributed by atoms with Crippen molar-refractivity contribution < 1.29 is 29.0 Å². The number of allylic oxidation sites excluding steroid dienone is 1. The molecule has 4 rings (SSSR count). The molecule has 0 aromatic heterocycles. The second-order valence-electron chi connectivity index (χ2n) is 11.6. The maximum absolute atomic E-state index is 14.4. The molecule has 1 aromatic carbocycles. The third-order valence-electron chi connectivity index (χ3n) is 8.90. The first-order valence-electron chi connectivity index (χ1n) is 15.2. The minimum Gasteiger partial charge on any atom is -0.465 e. The second-order valence-corrected chi connectivity index (χ2v) is 11.6. The summed E-state index contributed by atoms with van der Waals surface area (Å²) in [7, 11) is 0. The van der Waals surface area contributed by atoms with Crippen LogP contribution in [0.2, 0.25) is 0 Å². The Morgan fingerprint density at radius 3 is 2.66 bits per heavy atom. The summed E-state index contributed by atoms with van der Waals surface area (Å²) in [4.78, 5) is 45.5. The number of aliphatic hydroxyl groups excluding tert-OH is 1. The molecule has 2 unspecified atom stereocenters. The summed E-state index contributed by atoms with van der Waals surface area (Å²) in [5, 5.41) is 10.6. The smallest absolute Gasteiger partial charge is 0.312 e. The van der Waals surface area contributed by atoms with Crippen molar-refractivity contribution in [2.75, 3.05) is 26.3 Å². The third kappa shape index (κ3) is 6.28. The molecule has 8 heteroatoms. The summed E-state index contributed by atoms with van der Waals surface area (Å²) in [6.45, 7) is 10.5. The summed E-state index contributed by atoms with van der Waals surface area (Å²) >= 11 is 0. The lowest BCUT2D eigenvalue weighted by atomic mass is 9.70. The Kier molecular flexibility index (Phi) is 10.8. The number of hydrogen-bond acceptors (Lipinski definition) is 6. The molecule has 41 heavy (non-hydrogen) atoms. The summed E-state index contributed by atoms with van der Waals surface area (Å²) < 4.78 is 12.2. The van der Waals surface area contributed by atoms with Crippen LogP contribution in [0.25, 0.3) is 0 Å². The lowest BCUT2D eigenvalue weighted by Crippen LogP contribution is -2.59. The zero-order valence-corrected chi connectivity index (χ0v) is 24.4. The van der Waals surface area contributed by atoms with E-state index in [-0.39, 0.29) is 25.0 Å². The van der Waals surface area contributed by atoms with Gasteiger partial charge in [0.2, 0.25) is 11.8 Å². The van der Waals surface area contributed by atoms with Crippen LogP contribution in [0, 0.1) is 11.8 Å². The number of benzene rings is 1. The first-order valence-corrected chi connectivity index (χ1v) is 15.2. The highest BCUT2D eigenvalue weighted by molar-refractivity contribution is 5.98. The molecule has 6 atom stereocenters. The van der Waals surface area contributed by atoms with Gasteiger partial charge in [-0.2, -0.15) is 0 Å². The topological polar surface area (TPSA) is 96.4 Å². The van der Waals surface area contributed by atoms with Crippen molar-refractivity contribution in [1.82, 2.24) is 9.80 Å². The summed E-state index contributed by atoms with van der Waals surface area (Å²) in [5.74, 6) is -2.53. The number of unbranched alkanes of at least 4 members (excludes halogenated alkanes) is 4. The second kappa shape index (κ2) is 14.3. The lowest BCUT2D eigenvalue weighted by molar-refractivity contribution is -0.156. The van der Waals surface area contributed by atoms with Crippen LogP contribution in [0.1, 0.15) is 63.9 Å². The van der Waals surface area contributed by atoms with Crippen molar-refractivity contribution in [2.45, 2.75) is 88.5 Å². The van der Waals surface area contributed by atoms with Crippen LogP contribution in [0.3, 0.4) is 0 Å². The predicted molar refractivity (Wildman–Crippen MR) is 157 cm³/mol. The predicted octanol–water partition coefficient (Wildman–Crippen LogP) is 4.07. The number of carbonyl (C=O) groups excluding carboxylic acids is 3. The number of esters is 1. The van der Waals surface area contributed by atoms with Gasteiger partial charge in [-0.1, -0.05) is 62.2 Å². The van der Waals surface area contributed by atoms with Crippen molar-refractivity contribution in [3.05, 3.63) is 61.2 Å². The van der Waals surface area contributed by atoms with E-state index >= 15 is 0 Å². The Morgan fingerprint density at radius 2 is 1.98 bits per heavy atom. The lowest BCUT2D eigenvalue weighted by Gasteiger charge is -2.39. The fourth-order valence-corrected chi connectivity index (χ4v) is 7.00. The molecule has 8 nitrogen and oxygen atoms in total. The highest BCUT2D eigenvalue weighted by atomic mass is 16.6. The van der Waals surface area contributed by atoms with E-state index in [0.717, 1.165) is 37.7 Å². The highest BCUT2D eigenvalue weighted by Gasteiger charge is 2.75. The quantitative estimate of drug-likeness (QED) is 0.174. The largest absolute Gasteiger partial charge is 0.465 e. The van der Waals surface area contributed by atoms with Gasteiger partial charge in [0.05, 0.1) is 37.2 Å².